The molecule has 0 aliphatic heterocycles. The Balaban J connectivity index is 2.79. The van der Waals surface area contributed by atoms with Crippen LogP contribution in [0.3, 0.4) is 0 Å². The lowest BCUT2D eigenvalue weighted by atomic mass is 10.6. The van der Waals surface area contributed by atoms with Gasteiger partial charge in [-0.2, -0.15) is 4.98 Å². The van der Waals surface area contributed by atoms with E-state index in [9.17, 15) is 0 Å². The summed E-state index contributed by atoms with van der Waals surface area (Å²) < 4.78 is 0. The molecule has 0 unspecified atom stereocenters. The fourth-order valence-electron chi connectivity index (χ4n) is 0.855. The maximum atomic E-state index is 4.27. The largest absolute Gasteiger partial charge is 0.347 e. The molecule has 72 valence electrons. The Labute approximate surface area is 78.4 Å². The molecule has 1 rings (SSSR count). The summed E-state index contributed by atoms with van der Waals surface area (Å²) in [5.41, 5.74) is 3.06. The van der Waals surface area contributed by atoms with Crippen molar-refractivity contribution < 1.29 is 0 Å². The van der Waals surface area contributed by atoms with Crippen LogP contribution in [-0.4, -0.2) is 43.2 Å². The van der Waals surface area contributed by atoms with E-state index in [1.54, 1.807) is 6.20 Å². The average Bonchev–Trinajstić information content (AvgIpc) is 2.03. The van der Waals surface area contributed by atoms with E-state index in [-0.39, 0.29) is 0 Å². The van der Waals surface area contributed by atoms with Crippen LogP contribution in [0.4, 0.5) is 11.8 Å². The summed E-state index contributed by atoms with van der Waals surface area (Å²) in [5, 5.41) is 1.84. The highest BCUT2D eigenvalue weighted by atomic mass is 15.5. The molecule has 0 spiro atoms. The molecule has 5 nitrogen and oxygen atoms in total. The Morgan fingerprint density at radius 1 is 1.23 bits per heavy atom. The van der Waals surface area contributed by atoms with Gasteiger partial charge in [0.15, 0.2) is 0 Å². The van der Waals surface area contributed by atoms with Gasteiger partial charge in [0, 0.05) is 40.5 Å². The number of hydrogen-bond donors (Lipinski definition) is 1. The molecule has 1 heterocycles. The minimum atomic E-state index is 0.701. The summed E-state index contributed by atoms with van der Waals surface area (Å²) in [6, 6.07) is 1.83. The van der Waals surface area contributed by atoms with Gasteiger partial charge in [-0.25, -0.2) is 9.99 Å². The van der Waals surface area contributed by atoms with E-state index >= 15 is 0 Å². The molecule has 0 saturated heterocycles. The summed E-state index contributed by atoms with van der Waals surface area (Å²) in [4.78, 5) is 10.2. The van der Waals surface area contributed by atoms with Crippen molar-refractivity contribution >= 4 is 11.8 Å². The molecule has 0 atom stereocenters. The number of nitrogens with zero attached hydrogens (tertiary/aromatic N) is 4. The summed E-state index contributed by atoms with van der Waals surface area (Å²) in [6.45, 7) is 0. The van der Waals surface area contributed by atoms with E-state index in [1.165, 1.54) is 0 Å². The lowest BCUT2D eigenvalue weighted by Crippen LogP contribution is -2.21. The van der Waals surface area contributed by atoms with Crippen molar-refractivity contribution in [3.63, 3.8) is 0 Å². The van der Waals surface area contributed by atoms with Crippen LogP contribution in [0, 0.1) is 0 Å². The maximum Gasteiger partial charge on any atom is 0.226 e. The van der Waals surface area contributed by atoms with Gasteiger partial charge in [-0.05, 0) is 0 Å². The van der Waals surface area contributed by atoms with Crippen molar-refractivity contribution in [1.29, 1.82) is 0 Å². The van der Waals surface area contributed by atoms with Crippen molar-refractivity contribution in [1.82, 2.24) is 15.0 Å². The van der Waals surface area contributed by atoms with E-state index < -0.39 is 0 Å². The standard InChI is InChI=1S/C8H15N5/c1-12(2)8-9-6-5-7(10-8)11-13(3)4/h5-6H,1-4H3,(H,9,10,11). The quantitative estimate of drug-likeness (QED) is 0.685. The van der Waals surface area contributed by atoms with Crippen LogP contribution in [-0.2, 0) is 0 Å². The lowest BCUT2D eigenvalue weighted by Gasteiger charge is -2.14. The molecule has 5 heteroatoms. The third-order valence-electron chi connectivity index (χ3n) is 1.38. The molecular weight excluding hydrogens is 166 g/mol. The minimum Gasteiger partial charge on any atom is -0.347 e. The molecule has 1 aromatic rings. The molecule has 0 bridgehead atoms. The summed E-state index contributed by atoms with van der Waals surface area (Å²) in [5.74, 6) is 1.50. The van der Waals surface area contributed by atoms with E-state index in [0.29, 0.717) is 5.95 Å². The second kappa shape index (κ2) is 4.04. The van der Waals surface area contributed by atoms with E-state index in [4.69, 9.17) is 0 Å². The molecule has 0 saturated carbocycles. The second-order valence-electron chi connectivity index (χ2n) is 3.14. The molecule has 0 aliphatic rings. The number of hydrogen-bond acceptors (Lipinski definition) is 5. The van der Waals surface area contributed by atoms with Crippen LogP contribution in [0.5, 0.6) is 0 Å². The van der Waals surface area contributed by atoms with Crippen LogP contribution < -0.4 is 10.3 Å². The Kier molecular flexibility index (Phi) is 3.02. The maximum absolute atomic E-state index is 4.27. The zero-order valence-corrected chi connectivity index (χ0v) is 8.44. The van der Waals surface area contributed by atoms with Crippen molar-refractivity contribution in [2.45, 2.75) is 0 Å². The Morgan fingerprint density at radius 3 is 2.46 bits per heavy atom. The number of anilines is 2. The van der Waals surface area contributed by atoms with Crippen LogP contribution in [0.1, 0.15) is 0 Å². The van der Waals surface area contributed by atoms with Gasteiger partial charge in [-0.1, -0.05) is 0 Å². The Bertz CT molecular complexity index is 271. The fourth-order valence-corrected chi connectivity index (χ4v) is 0.855. The van der Waals surface area contributed by atoms with Gasteiger partial charge in [-0.15, -0.1) is 0 Å². The molecule has 0 radical (unpaired) electrons. The average molecular weight is 181 g/mol. The highest BCUT2D eigenvalue weighted by Gasteiger charge is 2.00. The molecule has 0 amide bonds. The van der Waals surface area contributed by atoms with Crippen LogP contribution in [0.25, 0.3) is 0 Å². The first-order chi connectivity index (χ1) is 6.09. The first-order valence-electron chi connectivity index (χ1n) is 4.04. The molecule has 1 aromatic heterocycles. The Hall–Kier alpha value is -1.36. The summed E-state index contributed by atoms with van der Waals surface area (Å²) in [6.07, 6.45) is 1.73. The molecule has 0 fully saturated rings. The van der Waals surface area contributed by atoms with E-state index in [2.05, 4.69) is 15.4 Å². The third kappa shape index (κ3) is 2.87. The fraction of sp³-hybridized carbons (Fsp3) is 0.500. The van der Waals surface area contributed by atoms with Crippen molar-refractivity contribution in [2.75, 3.05) is 38.5 Å². The van der Waals surface area contributed by atoms with Crippen LogP contribution in [0.2, 0.25) is 0 Å². The van der Waals surface area contributed by atoms with Gasteiger partial charge in [0.1, 0.15) is 5.82 Å². The first kappa shape index (κ1) is 9.73. The smallest absolute Gasteiger partial charge is 0.226 e. The van der Waals surface area contributed by atoms with Crippen LogP contribution in [0.15, 0.2) is 12.3 Å². The van der Waals surface area contributed by atoms with Crippen molar-refractivity contribution in [2.24, 2.45) is 0 Å². The normalized spacial score (nSPS) is 10.2. The van der Waals surface area contributed by atoms with E-state index in [1.807, 2.05) is 44.2 Å². The highest BCUT2D eigenvalue weighted by molar-refractivity contribution is 5.39. The van der Waals surface area contributed by atoms with Crippen LogP contribution >= 0.6 is 0 Å². The SMILES string of the molecule is CN(C)Nc1ccnc(N(C)C)n1. The Morgan fingerprint density at radius 2 is 1.92 bits per heavy atom. The second-order valence-corrected chi connectivity index (χ2v) is 3.14. The van der Waals surface area contributed by atoms with Crippen molar-refractivity contribution in [3.8, 4) is 0 Å². The molecule has 1 N–H and O–H groups in total. The molecule has 0 aliphatic carbocycles. The third-order valence-corrected chi connectivity index (χ3v) is 1.38. The molecule has 13 heavy (non-hydrogen) atoms. The van der Waals surface area contributed by atoms with Gasteiger partial charge in [0.05, 0.1) is 0 Å². The minimum absolute atomic E-state index is 0.701. The van der Waals surface area contributed by atoms with Gasteiger partial charge >= 0.3 is 0 Å². The van der Waals surface area contributed by atoms with Gasteiger partial charge < -0.3 is 10.3 Å². The van der Waals surface area contributed by atoms with E-state index in [0.717, 1.165) is 5.82 Å². The zero-order chi connectivity index (χ0) is 9.84. The number of nitrogens with one attached hydrogen (secondary N) is 1. The van der Waals surface area contributed by atoms with Gasteiger partial charge in [0.2, 0.25) is 5.95 Å². The predicted molar refractivity (Wildman–Crippen MR) is 53.7 cm³/mol. The molecule has 0 aromatic carbocycles. The van der Waals surface area contributed by atoms with Gasteiger partial charge in [0.25, 0.3) is 0 Å². The molecular formula is C8H15N5. The number of aromatic nitrogens is 2. The topological polar surface area (TPSA) is 44.3 Å². The first-order valence-corrected chi connectivity index (χ1v) is 4.04. The monoisotopic (exact) mass is 181 g/mol. The highest BCUT2D eigenvalue weighted by Crippen LogP contribution is 2.07. The summed E-state index contributed by atoms with van der Waals surface area (Å²) >= 11 is 0. The zero-order valence-electron chi connectivity index (χ0n) is 8.44. The van der Waals surface area contributed by atoms with Gasteiger partial charge in [-0.3, -0.25) is 0 Å². The summed E-state index contributed by atoms with van der Waals surface area (Å²) in [7, 11) is 7.65. The van der Waals surface area contributed by atoms with Crippen molar-refractivity contribution in [3.05, 3.63) is 12.3 Å². The lowest BCUT2D eigenvalue weighted by molar-refractivity contribution is 0.492. The number of rotatable bonds is 3. The number of hydrazine groups is 1. The predicted octanol–water partition coefficient (Wildman–Crippen LogP) is 0.431.